The number of sulfone groups is 1. The molecule has 0 radical (unpaired) electrons. The second-order valence-corrected chi connectivity index (χ2v) is 12.8. The van der Waals surface area contributed by atoms with Gasteiger partial charge in [0, 0.05) is 6.04 Å². The summed E-state index contributed by atoms with van der Waals surface area (Å²) in [6.45, 7) is 2.82. The summed E-state index contributed by atoms with van der Waals surface area (Å²) in [6.07, 6.45) is -4.38. The van der Waals surface area contributed by atoms with Crippen LogP contribution >= 0.6 is 11.6 Å². The molecule has 0 bridgehead atoms. The van der Waals surface area contributed by atoms with Gasteiger partial charge < -0.3 is 0 Å². The molecule has 0 heterocycles. The van der Waals surface area contributed by atoms with E-state index in [1.54, 1.807) is 0 Å². The lowest BCUT2D eigenvalue weighted by atomic mass is 9.73. The van der Waals surface area contributed by atoms with Gasteiger partial charge in [-0.3, -0.25) is 0 Å². The monoisotopic (exact) mass is 513 g/mol. The summed E-state index contributed by atoms with van der Waals surface area (Å²) in [5.41, 5.74) is -1.07. The summed E-state index contributed by atoms with van der Waals surface area (Å²) in [7, 11) is -8.21. The van der Waals surface area contributed by atoms with E-state index in [4.69, 9.17) is 11.6 Å². The van der Waals surface area contributed by atoms with Crippen LogP contribution in [0.4, 0.5) is 17.6 Å². The lowest BCUT2D eigenvalue weighted by Crippen LogP contribution is -2.53. The summed E-state index contributed by atoms with van der Waals surface area (Å²) in [4.78, 5) is -0.767. The van der Waals surface area contributed by atoms with Crippen LogP contribution in [0.1, 0.15) is 32.3 Å². The number of hydrogen-bond acceptors (Lipinski definition) is 4. The van der Waals surface area contributed by atoms with Crippen LogP contribution in [0.25, 0.3) is 0 Å². The number of sulfonamides is 1. The van der Waals surface area contributed by atoms with Crippen molar-refractivity contribution >= 4 is 31.5 Å². The molecule has 0 aromatic heterocycles. The zero-order valence-electron chi connectivity index (χ0n) is 16.9. The van der Waals surface area contributed by atoms with Crippen molar-refractivity contribution in [3.63, 3.8) is 0 Å². The molecule has 3 rings (SSSR count). The summed E-state index contributed by atoms with van der Waals surface area (Å²) in [5.74, 6) is -1.40. The normalized spacial score (nSPS) is 20.1. The van der Waals surface area contributed by atoms with Crippen molar-refractivity contribution < 1.29 is 34.4 Å². The molecule has 1 fully saturated rings. The van der Waals surface area contributed by atoms with Crippen molar-refractivity contribution in [3.8, 4) is 0 Å². The summed E-state index contributed by atoms with van der Waals surface area (Å²) in [5, 5.41) is -0.228. The molecular formula is C20H20ClF4NO4S2. The van der Waals surface area contributed by atoms with Gasteiger partial charge in [-0.15, -0.1) is 0 Å². The van der Waals surface area contributed by atoms with E-state index in [1.807, 2.05) is 0 Å². The van der Waals surface area contributed by atoms with E-state index in [0.29, 0.717) is 6.07 Å². The number of rotatable bonds is 6. The maximum absolute atomic E-state index is 13.6. The van der Waals surface area contributed by atoms with Crippen molar-refractivity contribution in [1.82, 2.24) is 4.72 Å². The molecule has 1 N–H and O–H groups in total. The molecule has 1 saturated carbocycles. The molecular weight excluding hydrogens is 494 g/mol. The van der Waals surface area contributed by atoms with Crippen molar-refractivity contribution in [3.05, 3.63) is 58.9 Å². The average Bonchev–Trinajstić information content (AvgIpc) is 2.65. The Balaban J connectivity index is 1.74. The van der Waals surface area contributed by atoms with Gasteiger partial charge in [0.2, 0.25) is 10.0 Å². The van der Waals surface area contributed by atoms with Crippen molar-refractivity contribution in [1.29, 1.82) is 0 Å². The highest BCUT2D eigenvalue weighted by molar-refractivity contribution is 7.92. The van der Waals surface area contributed by atoms with Crippen LogP contribution < -0.4 is 4.72 Å². The first-order valence-corrected chi connectivity index (χ1v) is 12.8. The molecule has 2 aromatic rings. The Labute approximate surface area is 188 Å². The molecule has 32 heavy (non-hydrogen) atoms. The Morgan fingerprint density at radius 1 is 0.969 bits per heavy atom. The van der Waals surface area contributed by atoms with E-state index < -0.39 is 59.0 Å². The first-order chi connectivity index (χ1) is 14.6. The lowest BCUT2D eigenvalue weighted by molar-refractivity contribution is -0.137. The fraction of sp³-hybridized carbons (Fsp3) is 0.400. The highest BCUT2D eigenvalue weighted by Crippen LogP contribution is 2.44. The summed E-state index contributed by atoms with van der Waals surface area (Å²) >= 11 is 5.56. The SMILES string of the molecule is CC(C)(C1CC(NS(=O)(=O)c2ccc(Cl)c(F)c2)C1)S(=O)(=O)c1cccc(C(F)(F)F)c1. The Hall–Kier alpha value is -1.69. The smallest absolute Gasteiger partial charge is 0.223 e. The fourth-order valence-electron chi connectivity index (χ4n) is 3.58. The highest BCUT2D eigenvalue weighted by atomic mass is 35.5. The third kappa shape index (κ3) is 4.66. The van der Waals surface area contributed by atoms with Crippen LogP contribution in [-0.2, 0) is 26.0 Å². The Morgan fingerprint density at radius 2 is 1.59 bits per heavy atom. The van der Waals surface area contributed by atoms with E-state index >= 15 is 0 Å². The van der Waals surface area contributed by atoms with Gasteiger partial charge >= 0.3 is 6.18 Å². The van der Waals surface area contributed by atoms with Crippen molar-refractivity contribution in [2.45, 2.75) is 53.4 Å². The fourth-order valence-corrected chi connectivity index (χ4v) is 6.75. The molecule has 5 nitrogen and oxygen atoms in total. The summed E-state index contributed by atoms with van der Waals surface area (Å²) in [6, 6.07) is 5.98. The van der Waals surface area contributed by atoms with E-state index in [-0.39, 0.29) is 22.8 Å². The molecule has 1 aliphatic rings. The number of alkyl halides is 3. The zero-order valence-corrected chi connectivity index (χ0v) is 19.3. The lowest BCUT2D eigenvalue weighted by Gasteiger charge is -2.44. The predicted molar refractivity (Wildman–Crippen MR) is 111 cm³/mol. The standard InChI is InChI=1S/C20H20ClF4NO4S2/c1-19(2,31(27,28)15-5-3-4-12(10-15)20(23,24)25)13-8-14(9-13)26-32(29,30)16-6-7-17(21)18(22)11-16/h3-7,10-11,13-14,26H,8-9H2,1-2H3. The number of benzene rings is 2. The van der Waals surface area contributed by atoms with Gasteiger partial charge in [-0.25, -0.2) is 25.9 Å². The third-order valence-electron chi connectivity index (χ3n) is 5.81. The van der Waals surface area contributed by atoms with Gasteiger partial charge in [-0.2, -0.15) is 13.2 Å². The molecule has 176 valence electrons. The largest absolute Gasteiger partial charge is 0.416 e. The number of halogens is 5. The van der Waals surface area contributed by atoms with Crippen LogP contribution in [0.5, 0.6) is 0 Å². The van der Waals surface area contributed by atoms with E-state index in [9.17, 15) is 34.4 Å². The third-order valence-corrected chi connectivity index (χ3v) is 10.2. The number of hydrogen-bond donors (Lipinski definition) is 1. The molecule has 0 amide bonds. The molecule has 12 heteroatoms. The van der Waals surface area contributed by atoms with Crippen LogP contribution in [0.3, 0.4) is 0 Å². The first-order valence-electron chi connectivity index (χ1n) is 9.45. The van der Waals surface area contributed by atoms with E-state index in [0.717, 1.165) is 36.4 Å². The topological polar surface area (TPSA) is 80.3 Å². The van der Waals surface area contributed by atoms with Gasteiger partial charge in [0.05, 0.1) is 25.1 Å². The molecule has 0 spiro atoms. The van der Waals surface area contributed by atoms with E-state index in [1.165, 1.54) is 13.8 Å². The van der Waals surface area contributed by atoms with Crippen LogP contribution in [0, 0.1) is 11.7 Å². The quantitative estimate of drug-likeness (QED) is 0.562. The van der Waals surface area contributed by atoms with Crippen molar-refractivity contribution in [2.75, 3.05) is 0 Å². The Morgan fingerprint density at radius 3 is 2.16 bits per heavy atom. The summed E-state index contributed by atoms with van der Waals surface area (Å²) < 4.78 is 105. The maximum atomic E-state index is 13.6. The predicted octanol–water partition coefficient (Wildman–Crippen LogP) is 4.81. The molecule has 0 unspecified atom stereocenters. The molecule has 1 aliphatic carbocycles. The van der Waals surface area contributed by atoms with Gasteiger partial charge in [0.1, 0.15) is 5.82 Å². The minimum atomic E-state index is -4.68. The minimum absolute atomic E-state index is 0.153. The maximum Gasteiger partial charge on any atom is 0.416 e. The van der Waals surface area contributed by atoms with Crippen molar-refractivity contribution in [2.24, 2.45) is 5.92 Å². The van der Waals surface area contributed by atoms with Crippen LogP contribution in [0.2, 0.25) is 5.02 Å². The van der Waals surface area contributed by atoms with E-state index in [2.05, 4.69) is 4.72 Å². The second kappa shape index (κ2) is 8.27. The second-order valence-electron chi connectivity index (χ2n) is 8.19. The number of nitrogens with one attached hydrogen (secondary N) is 1. The van der Waals surface area contributed by atoms with Gasteiger partial charge in [0.25, 0.3) is 0 Å². The van der Waals surface area contributed by atoms with Gasteiger partial charge in [-0.1, -0.05) is 17.7 Å². The molecule has 2 aromatic carbocycles. The molecule has 0 saturated heterocycles. The average molecular weight is 514 g/mol. The van der Waals surface area contributed by atoms with Crippen LogP contribution in [-0.4, -0.2) is 27.6 Å². The first kappa shape index (κ1) is 24.9. The highest BCUT2D eigenvalue weighted by Gasteiger charge is 2.49. The van der Waals surface area contributed by atoms with Gasteiger partial charge in [0.15, 0.2) is 9.84 Å². The Kier molecular flexibility index (Phi) is 6.44. The minimum Gasteiger partial charge on any atom is -0.223 e. The zero-order chi connectivity index (χ0) is 24.1. The molecule has 0 aliphatic heterocycles. The van der Waals surface area contributed by atoms with Crippen LogP contribution in [0.15, 0.2) is 52.3 Å². The van der Waals surface area contributed by atoms with Gasteiger partial charge in [-0.05, 0) is 69.0 Å². The Bertz CT molecular complexity index is 1240. The molecule has 0 atom stereocenters.